The first-order valence-electron chi connectivity index (χ1n) is 6.71. The van der Waals surface area contributed by atoms with Gasteiger partial charge in [-0.25, -0.2) is 4.98 Å². The van der Waals surface area contributed by atoms with Crippen LogP contribution >= 0.6 is 23.4 Å². The highest BCUT2D eigenvalue weighted by atomic mass is 35.5. The van der Waals surface area contributed by atoms with Crippen LogP contribution in [0.15, 0.2) is 41.6 Å². The van der Waals surface area contributed by atoms with E-state index in [4.69, 9.17) is 16.3 Å². The Kier molecular flexibility index (Phi) is 6.29. The minimum atomic E-state index is 0.0555. The van der Waals surface area contributed by atoms with Gasteiger partial charge in [-0.2, -0.15) is 0 Å². The van der Waals surface area contributed by atoms with Crippen molar-refractivity contribution < 1.29 is 4.74 Å². The lowest BCUT2D eigenvalue weighted by atomic mass is 10.2. The minimum absolute atomic E-state index is 0.0555. The zero-order chi connectivity index (χ0) is 15.1. The summed E-state index contributed by atoms with van der Waals surface area (Å²) >= 11 is 7.89. The van der Waals surface area contributed by atoms with Crippen molar-refractivity contribution in [2.75, 3.05) is 19.4 Å². The highest BCUT2D eigenvalue weighted by Crippen LogP contribution is 2.31. The quantitative estimate of drug-likeness (QED) is 0.789. The van der Waals surface area contributed by atoms with Gasteiger partial charge in [-0.15, -0.1) is 11.8 Å². The van der Waals surface area contributed by atoms with Gasteiger partial charge in [0.15, 0.2) is 0 Å². The van der Waals surface area contributed by atoms with Crippen molar-refractivity contribution >= 4 is 23.4 Å². The standard InChI is InChI=1S/C15H18ClN3OS/c1-3-17-12(14-15(20-2)19-9-8-18-14)10-21-13-7-5-4-6-11(13)16/h4-9,12,17H,3,10H2,1-2H3. The van der Waals surface area contributed by atoms with Gasteiger partial charge >= 0.3 is 0 Å². The average molecular weight is 324 g/mol. The maximum Gasteiger partial charge on any atom is 0.237 e. The molecule has 1 heterocycles. The molecule has 0 amide bonds. The van der Waals surface area contributed by atoms with Crippen molar-refractivity contribution in [2.45, 2.75) is 17.9 Å². The Morgan fingerprint density at radius 2 is 2.05 bits per heavy atom. The minimum Gasteiger partial charge on any atom is -0.480 e. The number of methoxy groups -OCH3 is 1. The summed E-state index contributed by atoms with van der Waals surface area (Å²) in [6.45, 7) is 2.91. The Labute approximate surface area is 134 Å². The third kappa shape index (κ3) is 4.33. The second kappa shape index (κ2) is 8.22. The van der Waals surface area contributed by atoms with Crippen molar-refractivity contribution in [2.24, 2.45) is 0 Å². The van der Waals surface area contributed by atoms with E-state index in [0.717, 1.165) is 27.9 Å². The third-order valence-corrected chi connectivity index (χ3v) is 4.52. The Morgan fingerprint density at radius 1 is 1.29 bits per heavy atom. The lowest BCUT2D eigenvalue weighted by Gasteiger charge is -2.18. The maximum absolute atomic E-state index is 6.20. The smallest absolute Gasteiger partial charge is 0.237 e. The molecule has 0 aliphatic heterocycles. The summed E-state index contributed by atoms with van der Waals surface area (Å²) in [4.78, 5) is 9.68. The van der Waals surface area contributed by atoms with Crippen LogP contribution in [0.4, 0.5) is 0 Å². The number of thioether (sulfide) groups is 1. The molecular weight excluding hydrogens is 306 g/mol. The molecule has 0 saturated heterocycles. The van der Waals surface area contributed by atoms with E-state index in [0.29, 0.717) is 5.88 Å². The van der Waals surface area contributed by atoms with E-state index in [1.54, 1.807) is 31.3 Å². The van der Waals surface area contributed by atoms with Crippen LogP contribution in [0, 0.1) is 0 Å². The van der Waals surface area contributed by atoms with Crippen molar-refractivity contribution in [3.8, 4) is 5.88 Å². The molecule has 0 spiro atoms. The summed E-state index contributed by atoms with van der Waals surface area (Å²) in [5.74, 6) is 1.36. The van der Waals surface area contributed by atoms with Crippen LogP contribution < -0.4 is 10.1 Å². The monoisotopic (exact) mass is 323 g/mol. The van der Waals surface area contributed by atoms with Gasteiger partial charge in [-0.1, -0.05) is 30.7 Å². The van der Waals surface area contributed by atoms with E-state index >= 15 is 0 Å². The molecule has 1 unspecified atom stereocenters. The van der Waals surface area contributed by atoms with E-state index < -0.39 is 0 Å². The van der Waals surface area contributed by atoms with Crippen molar-refractivity contribution in [3.05, 3.63) is 47.4 Å². The fraction of sp³-hybridized carbons (Fsp3) is 0.333. The van der Waals surface area contributed by atoms with Crippen LogP contribution in [0.3, 0.4) is 0 Å². The number of nitrogens with one attached hydrogen (secondary N) is 1. The van der Waals surface area contributed by atoms with Gasteiger partial charge in [0, 0.05) is 23.0 Å². The van der Waals surface area contributed by atoms with Crippen LogP contribution in [-0.2, 0) is 0 Å². The first-order valence-corrected chi connectivity index (χ1v) is 8.08. The van der Waals surface area contributed by atoms with Crippen LogP contribution in [-0.4, -0.2) is 29.4 Å². The van der Waals surface area contributed by atoms with Crippen LogP contribution in [0.1, 0.15) is 18.7 Å². The highest BCUT2D eigenvalue weighted by molar-refractivity contribution is 7.99. The Hall–Kier alpha value is -1.30. The largest absolute Gasteiger partial charge is 0.480 e. The van der Waals surface area contributed by atoms with E-state index in [-0.39, 0.29) is 6.04 Å². The molecule has 21 heavy (non-hydrogen) atoms. The summed E-state index contributed by atoms with van der Waals surface area (Å²) in [6, 6.07) is 7.89. The molecule has 1 atom stereocenters. The first kappa shape index (κ1) is 16.1. The van der Waals surface area contributed by atoms with Gasteiger partial charge < -0.3 is 10.1 Å². The molecule has 1 aromatic carbocycles. The molecule has 112 valence electrons. The summed E-state index contributed by atoms with van der Waals surface area (Å²) < 4.78 is 5.30. The molecule has 0 saturated carbocycles. The van der Waals surface area contributed by atoms with Crippen molar-refractivity contribution in [3.63, 3.8) is 0 Å². The molecule has 4 nitrogen and oxygen atoms in total. The van der Waals surface area contributed by atoms with Gasteiger partial charge in [-0.05, 0) is 18.7 Å². The summed E-state index contributed by atoms with van der Waals surface area (Å²) in [7, 11) is 1.61. The number of aromatic nitrogens is 2. The SMILES string of the molecule is CCNC(CSc1ccccc1Cl)c1nccnc1OC. The number of hydrogen-bond acceptors (Lipinski definition) is 5. The van der Waals surface area contributed by atoms with Gasteiger partial charge in [0.25, 0.3) is 0 Å². The van der Waals surface area contributed by atoms with Crippen LogP contribution in [0.2, 0.25) is 5.02 Å². The summed E-state index contributed by atoms with van der Waals surface area (Å²) in [5.41, 5.74) is 0.821. The predicted molar refractivity (Wildman–Crippen MR) is 87.2 cm³/mol. The van der Waals surface area contributed by atoms with Gasteiger partial charge in [0.2, 0.25) is 5.88 Å². The Balaban J connectivity index is 2.14. The number of nitrogens with zero attached hydrogens (tertiary/aromatic N) is 2. The lowest BCUT2D eigenvalue weighted by molar-refractivity contribution is 0.381. The molecular formula is C15H18ClN3OS. The first-order chi connectivity index (χ1) is 10.3. The van der Waals surface area contributed by atoms with Gasteiger partial charge in [0.1, 0.15) is 5.69 Å². The zero-order valence-corrected chi connectivity index (χ0v) is 13.6. The fourth-order valence-corrected chi connectivity index (χ4v) is 3.25. The topological polar surface area (TPSA) is 47.0 Å². The summed E-state index contributed by atoms with van der Waals surface area (Å²) in [6.07, 6.45) is 3.31. The number of halogens is 1. The number of rotatable bonds is 7. The summed E-state index contributed by atoms with van der Waals surface area (Å²) in [5, 5.41) is 4.18. The van der Waals surface area contributed by atoms with Crippen molar-refractivity contribution in [1.29, 1.82) is 0 Å². The average Bonchev–Trinajstić information content (AvgIpc) is 2.53. The van der Waals surface area contributed by atoms with Gasteiger partial charge in [0.05, 0.1) is 18.2 Å². The molecule has 0 bridgehead atoms. The van der Waals surface area contributed by atoms with E-state index in [1.807, 2.05) is 24.3 Å². The van der Waals surface area contributed by atoms with Crippen molar-refractivity contribution in [1.82, 2.24) is 15.3 Å². The molecule has 1 aromatic heterocycles. The molecule has 2 rings (SSSR count). The maximum atomic E-state index is 6.20. The molecule has 6 heteroatoms. The predicted octanol–water partition coefficient (Wildman–Crippen LogP) is 3.58. The molecule has 0 fully saturated rings. The third-order valence-electron chi connectivity index (χ3n) is 2.91. The number of benzene rings is 1. The Bertz CT molecular complexity index is 582. The normalized spacial score (nSPS) is 12.1. The second-order valence-corrected chi connectivity index (χ2v) is 5.77. The van der Waals surface area contributed by atoms with E-state index in [9.17, 15) is 0 Å². The molecule has 0 aliphatic rings. The van der Waals surface area contributed by atoms with E-state index in [1.165, 1.54) is 0 Å². The number of ether oxygens (including phenoxy) is 1. The van der Waals surface area contributed by atoms with Crippen LogP contribution in [0.25, 0.3) is 0 Å². The molecule has 1 N–H and O–H groups in total. The lowest BCUT2D eigenvalue weighted by Crippen LogP contribution is -2.24. The Morgan fingerprint density at radius 3 is 2.76 bits per heavy atom. The molecule has 2 aromatic rings. The zero-order valence-electron chi connectivity index (χ0n) is 12.0. The highest BCUT2D eigenvalue weighted by Gasteiger charge is 2.18. The fourth-order valence-electron chi connectivity index (χ4n) is 1.95. The molecule has 0 aliphatic carbocycles. The van der Waals surface area contributed by atoms with Gasteiger partial charge in [-0.3, -0.25) is 4.98 Å². The van der Waals surface area contributed by atoms with E-state index in [2.05, 4.69) is 22.2 Å². The van der Waals surface area contributed by atoms with Crippen LogP contribution in [0.5, 0.6) is 5.88 Å². The second-order valence-electron chi connectivity index (χ2n) is 4.30. The number of hydrogen-bond donors (Lipinski definition) is 1. The molecule has 0 radical (unpaired) electrons.